The molecule has 5 heteroatoms. The monoisotopic (exact) mass is 285 g/mol. The van der Waals surface area contributed by atoms with E-state index in [0.717, 1.165) is 17.1 Å². The molecule has 2 aromatic rings. The fraction of sp³-hybridized carbons (Fsp3) is 0.231. The Balaban J connectivity index is 2.11. The number of ether oxygens (including phenoxy) is 1. The minimum Gasteiger partial charge on any atom is -0.487 e. The van der Waals surface area contributed by atoms with Gasteiger partial charge in [-0.2, -0.15) is 0 Å². The Morgan fingerprint density at radius 1 is 1.28 bits per heavy atom. The van der Waals surface area contributed by atoms with Crippen LogP contribution in [0.4, 0.5) is 0 Å². The van der Waals surface area contributed by atoms with Gasteiger partial charge in [0.25, 0.3) is 0 Å². The molecule has 1 aromatic heterocycles. The van der Waals surface area contributed by atoms with Gasteiger partial charge in [0.15, 0.2) is 0 Å². The minimum absolute atomic E-state index is 0.370. The Morgan fingerprint density at radius 3 is 2.72 bits per heavy atom. The lowest BCUT2D eigenvalue weighted by atomic mass is 10.2. The maximum atomic E-state index is 6.01. The van der Waals surface area contributed by atoms with Gasteiger partial charge in [-0.1, -0.05) is 23.2 Å². The van der Waals surface area contributed by atoms with Crippen molar-refractivity contribution in [2.75, 3.05) is 0 Å². The standard InChI is InChI=1S/C13H13Cl2NO2/c1-8-9(4-11(6-16)18-8)7-17-13-5-10(14)2-3-12(13)15/h2-5H,6-7,16H2,1H3. The lowest BCUT2D eigenvalue weighted by Gasteiger charge is -2.07. The Morgan fingerprint density at radius 2 is 2.06 bits per heavy atom. The van der Waals surface area contributed by atoms with Crippen molar-refractivity contribution in [3.63, 3.8) is 0 Å². The molecule has 2 rings (SSSR count). The van der Waals surface area contributed by atoms with Gasteiger partial charge in [-0.3, -0.25) is 0 Å². The average molecular weight is 286 g/mol. The van der Waals surface area contributed by atoms with Crippen LogP contribution in [0.15, 0.2) is 28.7 Å². The minimum atomic E-state index is 0.370. The molecule has 1 heterocycles. The van der Waals surface area contributed by atoms with Crippen molar-refractivity contribution in [3.05, 3.63) is 51.4 Å². The highest BCUT2D eigenvalue weighted by atomic mass is 35.5. The second-order valence-corrected chi connectivity index (χ2v) is 4.71. The number of benzene rings is 1. The molecule has 0 aliphatic rings. The summed E-state index contributed by atoms with van der Waals surface area (Å²) in [6.07, 6.45) is 0. The van der Waals surface area contributed by atoms with E-state index in [0.29, 0.717) is 28.9 Å². The Hall–Kier alpha value is -1.16. The third kappa shape index (κ3) is 2.99. The van der Waals surface area contributed by atoms with E-state index in [1.54, 1.807) is 18.2 Å². The summed E-state index contributed by atoms with van der Waals surface area (Å²) >= 11 is 11.9. The van der Waals surface area contributed by atoms with E-state index in [2.05, 4.69) is 0 Å². The highest BCUT2D eigenvalue weighted by molar-refractivity contribution is 6.34. The zero-order chi connectivity index (χ0) is 13.1. The summed E-state index contributed by atoms with van der Waals surface area (Å²) in [7, 11) is 0. The van der Waals surface area contributed by atoms with Crippen molar-refractivity contribution in [3.8, 4) is 5.75 Å². The van der Waals surface area contributed by atoms with Crippen LogP contribution in [0.25, 0.3) is 0 Å². The van der Waals surface area contributed by atoms with Crippen LogP contribution < -0.4 is 10.5 Å². The summed E-state index contributed by atoms with van der Waals surface area (Å²) in [5.41, 5.74) is 6.46. The van der Waals surface area contributed by atoms with Crippen LogP contribution in [0.3, 0.4) is 0 Å². The zero-order valence-corrected chi connectivity index (χ0v) is 11.4. The highest BCUT2D eigenvalue weighted by Gasteiger charge is 2.08. The maximum absolute atomic E-state index is 6.01. The number of aryl methyl sites for hydroxylation is 1. The molecule has 0 fully saturated rings. The molecule has 18 heavy (non-hydrogen) atoms. The molecule has 0 aliphatic heterocycles. The molecule has 0 atom stereocenters. The molecule has 96 valence electrons. The van der Waals surface area contributed by atoms with Crippen LogP contribution in [0.5, 0.6) is 5.75 Å². The van der Waals surface area contributed by atoms with Crippen molar-refractivity contribution in [2.24, 2.45) is 5.73 Å². The van der Waals surface area contributed by atoms with E-state index in [1.807, 2.05) is 13.0 Å². The Labute approximate surface area is 115 Å². The van der Waals surface area contributed by atoms with Gasteiger partial charge >= 0.3 is 0 Å². The van der Waals surface area contributed by atoms with Gasteiger partial charge in [0.2, 0.25) is 0 Å². The van der Waals surface area contributed by atoms with Crippen LogP contribution in [0.2, 0.25) is 10.0 Å². The molecule has 0 saturated heterocycles. The van der Waals surface area contributed by atoms with Crippen LogP contribution >= 0.6 is 23.2 Å². The number of rotatable bonds is 4. The molecule has 0 amide bonds. The number of hydrogen-bond acceptors (Lipinski definition) is 3. The van der Waals surface area contributed by atoms with E-state index in [-0.39, 0.29) is 0 Å². The second kappa shape index (κ2) is 5.65. The van der Waals surface area contributed by atoms with Gasteiger partial charge in [0, 0.05) is 16.7 Å². The van der Waals surface area contributed by atoms with E-state index in [1.165, 1.54) is 0 Å². The van der Waals surface area contributed by atoms with Crippen molar-refractivity contribution in [1.82, 2.24) is 0 Å². The van der Waals surface area contributed by atoms with Gasteiger partial charge in [0.1, 0.15) is 23.9 Å². The summed E-state index contributed by atoms with van der Waals surface area (Å²) in [4.78, 5) is 0. The predicted molar refractivity (Wildman–Crippen MR) is 72.1 cm³/mol. The first-order valence-corrected chi connectivity index (χ1v) is 6.22. The van der Waals surface area contributed by atoms with Gasteiger partial charge < -0.3 is 14.9 Å². The van der Waals surface area contributed by atoms with Gasteiger partial charge in [-0.05, 0) is 25.1 Å². The zero-order valence-electron chi connectivity index (χ0n) is 9.87. The molecule has 3 nitrogen and oxygen atoms in total. The summed E-state index contributed by atoms with van der Waals surface area (Å²) < 4.78 is 11.1. The molecule has 0 unspecified atom stereocenters. The van der Waals surface area contributed by atoms with E-state index < -0.39 is 0 Å². The first kappa shape index (κ1) is 13.3. The van der Waals surface area contributed by atoms with Gasteiger partial charge in [-0.15, -0.1) is 0 Å². The Bertz CT molecular complexity index is 552. The molecule has 2 N–H and O–H groups in total. The first-order valence-electron chi connectivity index (χ1n) is 5.46. The second-order valence-electron chi connectivity index (χ2n) is 3.86. The number of hydrogen-bond donors (Lipinski definition) is 1. The SMILES string of the molecule is Cc1oc(CN)cc1COc1cc(Cl)ccc1Cl. The largest absolute Gasteiger partial charge is 0.487 e. The molecule has 1 aromatic carbocycles. The average Bonchev–Trinajstić information content (AvgIpc) is 2.71. The molecule has 0 aliphatic carbocycles. The molecule has 0 radical (unpaired) electrons. The molecular weight excluding hydrogens is 273 g/mol. The van der Waals surface area contributed by atoms with Crippen molar-refractivity contribution in [1.29, 1.82) is 0 Å². The Kier molecular flexibility index (Phi) is 4.17. The molecule has 0 bridgehead atoms. The van der Waals surface area contributed by atoms with Crippen molar-refractivity contribution >= 4 is 23.2 Å². The van der Waals surface area contributed by atoms with Crippen LogP contribution in [0, 0.1) is 6.92 Å². The third-order valence-corrected chi connectivity index (χ3v) is 3.10. The lowest BCUT2D eigenvalue weighted by molar-refractivity contribution is 0.303. The maximum Gasteiger partial charge on any atom is 0.139 e. The van der Waals surface area contributed by atoms with Crippen LogP contribution in [-0.4, -0.2) is 0 Å². The van der Waals surface area contributed by atoms with Crippen molar-refractivity contribution < 1.29 is 9.15 Å². The number of furan rings is 1. The fourth-order valence-corrected chi connectivity index (χ4v) is 1.91. The third-order valence-electron chi connectivity index (χ3n) is 2.55. The summed E-state index contributed by atoms with van der Waals surface area (Å²) in [6, 6.07) is 6.98. The highest BCUT2D eigenvalue weighted by Crippen LogP contribution is 2.28. The molecular formula is C13H13Cl2NO2. The van der Waals surface area contributed by atoms with Crippen molar-refractivity contribution in [2.45, 2.75) is 20.1 Å². The normalized spacial score (nSPS) is 10.7. The number of halogens is 2. The van der Waals surface area contributed by atoms with E-state index >= 15 is 0 Å². The van der Waals surface area contributed by atoms with E-state index in [4.69, 9.17) is 38.1 Å². The number of nitrogens with two attached hydrogens (primary N) is 1. The van der Waals surface area contributed by atoms with Gasteiger partial charge in [0.05, 0.1) is 11.6 Å². The summed E-state index contributed by atoms with van der Waals surface area (Å²) in [6.45, 7) is 2.62. The summed E-state index contributed by atoms with van der Waals surface area (Å²) in [5.74, 6) is 2.09. The topological polar surface area (TPSA) is 48.4 Å². The smallest absolute Gasteiger partial charge is 0.139 e. The van der Waals surface area contributed by atoms with Gasteiger partial charge in [-0.25, -0.2) is 0 Å². The predicted octanol–water partition coefficient (Wildman–Crippen LogP) is 3.93. The summed E-state index contributed by atoms with van der Waals surface area (Å²) in [5, 5.41) is 1.11. The van der Waals surface area contributed by atoms with Crippen LogP contribution in [-0.2, 0) is 13.2 Å². The molecule has 0 spiro atoms. The quantitative estimate of drug-likeness (QED) is 0.926. The lowest BCUT2D eigenvalue weighted by Crippen LogP contribution is -1.96. The van der Waals surface area contributed by atoms with E-state index in [9.17, 15) is 0 Å². The first-order chi connectivity index (χ1) is 8.60. The van der Waals surface area contributed by atoms with Crippen LogP contribution in [0.1, 0.15) is 17.1 Å². The fourth-order valence-electron chi connectivity index (χ4n) is 1.57. The molecule has 0 saturated carbocycles.